The van der Waals surface area contributed by atoms with E-state index >= 15 is 0 Å². The Morgan fingerprint density at radius 2 is 0.938 bits per heavy atom. The van der Waals surface area contributed by atoms with Gasteiger partial charge < -0.3 is 19.7 Å². The van der Waals surface area contributed by atoms with E-state index in [1.165, 1.54) is 25.7 Å². The predicted octanol–water partition coefficient (Wildman–Crippen LogP) is 12.5. The van der Waals surface area contributed by atoms with Gasteiger partial charge in [0.05, 0.1) is 0 Å². The molecule has 1 aliphatic rings. The standard InChI is InChI=1S/C42H52O4S2/c1-41(2,3)31-23-29(39(43)35(25-31)45-33-17-11-9-12-18-33)27-47-37-21-15-7-8-16-22-38(37)48-28-30-24-32(42(4,5)6)26-36(40(30)44)46-34-19-13-10-14-20-34/h9-14,17-20,23-26,37-38,43-44H,7-8,15-16,21-22,27-28H2,1-6H3/t37-,38-/m0/s1. The first kappa shape index (κ1) is 36.1. The quantitative estimate of drug-likeness (QED) is 0.173. The van der Waals surface area contributed by atoms with Crippen molar-refractivity contribution in [2.24, 2.45) is 0 Å². The molecule has 4 aromatic rings. The van der Waals surface area contributed by atoms with Gasteiger partial charge in [0.25, 0.3) is 0 Å². The Morgan fingerprint density at radius 3 is 1.29 bits per heavy atom. The normalized spacial score (nSPS) is 17.4. The topological polar surface area (TPSA) is 58.9 Å². The van der Waals surface area contributed by atoms with E-state index in [0.29, 0.717) is 45.0 Å². The molecule has 0 spiro atoms. The molecule has 1 aliphatic carbocycles. The lowest BCUT2D eigenvalue weighted by Crippen LogP contribution is -2.22. The molecule has 0 bridgehead atoms. The van der Waals surface area contributed by atoms with Crippen LogP contribution < -0.4 is 9.47 Å². The molecule has 1 saturated carbocycles. The minimum atomic E-state index is -0.0901. The predicted molar refractivity (Wildman–Crippen MR) is 205 cm³/mol. The highest BCUT2D eigenvalue weighted by molar-refractivity contribution is 8.03. The van der Waals surface area contributed by atoms with Gasteiger partial charge in [0.2, 0.25) is 0 Å². The highest BCUT2D eigenvalue weighted by Gasteiger charge is 2.27. The maximum Gasteiger partial charge on any atom is 0.169 e. The summed E-state index contributed by atoms with van der Waals surface area (Å²) in [4.78, 5) is 0. The lowest BCUT2D eigenvalue weighted by atomic mass is 9.86. The van der Waals surface area contributed by atoms with Crippen LogP contribution in [0.2, 0.25) is 0 Å². The minimum absolute atomic E-state index is 0.0901. The van der Waals surface area contributed by atoms with Crippen molar-refractivity contribution < 1.29 is 19.7 Å². The van der Waals surface area contributed by atoms with E-state index in [0.717, 1.165) is 35.1 Å². The first-order valence-electron chi connectivity index (χ1n) is 17.3. The third kappa shape index (κ3) is 9.69. The van der Waals surface area contributed by atoms with Crippen molar-refractivity contribution in [3.05, 3.63) is 107 Å². The van der Waals surface area contributed by atoms with Crippen molar-refractivity contribution >= 4 is 23.5 Å². The van der Waals surface area contributed by atoms with Crippen LogP contribution in [0, 0.1) is 0 Å². The van der Waals surface area contributed by atoms with Crippen LogP contribution in [-0.2, 0) is 22.3 Å². The molecule has 6 heteroatoms. The Kier molecular flexibility index (Phi) is 12.0. The summed E-state index contributed by atoms with van der Waals surface area (Å²) >= 11 is 3.92. The lowest BCUT2D eigenvalue weighted by molar-refractivity contribution is 0.406. The lowest BCUT2D eigenvalue weighted by Gasteiger charge is -2.30. The molecule has 0 amide bonds. The summed E-state index contributed by atoms with van der Waals surface area (Å²) < 4.78 is 12.4. The van der Waals surface area contributed by atoms with E-state index in [1.54, 1.807) is 0 Å². The Hall–Kier alpha value is -3.22. The van der Waals surface area contributed by atoms with Crippen LogP contribution in [0.4, 0.5) is 0 Å². The average Bonchev–Trinajstić information content (AvgIpc) is 3.03. The van der Waals surface area contributed by atoms with Gasteiger partial charge in [0, 0.05) is 33.1 Å². The molecule has 0 radical (unpaired) electrons. The zero-order valence-corrected chi connectivity index (χ0v) is 31.1. The van der Waals surface area contributed by atoms with Crippen LogP contribution >= 0.6 is 23.5 Å². The number of hydrogen-bond acceptors (Lipinski definition) is 6. The van der Waals surface area contributed by atoms with Gasteiger partial charge >= 0.3 is 0 Å². The van der Waals surface area contributed by atoms with Gasteiger partial charge in [-0.2, -0.15) is 23.5 Å². The molecular formula is C42H52O4S2. The monoisotopic (exact) mass is 684 g/mol. The van der Waals surface area contributed by atoms with Gasteiger partial charge in [-0.3, -0.25) is 0 Å². The van der Waals surface area contributed by atoms with Crippen LogP contribution in [-0.4, -0.2) is 20.7 Å². The molecule has 0 aliphatic heterocycles. The third-order valence-corrected chi connectivity index (χ3v) is 12.1. The van der Waals surface area contributed by atoms with Crippen molar-refractivity contribution in [2.75, 3.05) is 0 Å². The number of ether oxygens (including phenoxy) is 2. The number of phenolic OH excluding ortho intramolecular Hbond substituents is 2. The second-order valence-electron chi connectivity index (χ2n) is 15.0. The SMILES string of the molecule is CC(C)(C)c1cc(CS[C@H]2CCCCCC[C@@H]2SCc2cc(C(C)(C)C)cc(Oc3ccccc3)c2O)c(O)c(Oc2ccccc2)c1. The van der Waals surface area contributed by atoms with E-state index in [1.807, 2.05) is 96.3 Å². The molecule has 5 rings (SSSR count). The van der Waals surface area contributed by atoms with E-state index in [4.69, 9.17) is 9.47 Å². The Bertz CT molecular complexity index is 1500. The first-order valence-corrected chi connectivity index (χ1v) is 19.4. The van der Waals surface area contributed by atoms with Gasteiger partial charge in [-0.05, 0) is 71.2 Å². The van der Waals surface area contributed by atoms with Crippen molar-refractivity contribution in [3.63, 3.8) is 0 Å². The minimum Gasteiger partial charge on any atom is -0.504 e. The summed E-state index contributed by atoms with van der Waals surface area (Å²) in [5, 5.41) is 23.8. The Morgan fingerprint density at radius 1 is 0.562 bits per heavy atom. The number of aromatic hydroxyl groups is 2. The van der Waals surface area contributed by atoms with Crippen LogP contribution in [0.3, 0.4) is 0 Å². The highest BCUT2D eigenvalue weighted by Crippen LogP contribution is 2.45. The average molecular weight is 685 g/mol. The third-order valence-electron chi connectivity index (χ3n) is 9.03. The smallest absolute Gasteiger partial charge is 0.169 e. The maximum atomic E-state index is 11.5. The molecule has 0 aromatic heterocycles. The highest BCUT2D eigenvalue weighted by atomic mass is 32.2. The van der Waals surface area contributed by atoms with Crippen molar-refractivity contribution in [1.82, 2.24) is 0 Å². The van der Waals surface area contributed by atoms with Crippen molar-refractivity contribution in [2.45, 2.75) is 113 Å². The molecular weight excluding hydrogens is 633 g/mol. The largest absolute Gasteiger partial charge is 0.504 e. The fourth-order valence-electron chi connectivity index (χ4n) is 6.00. The summed E-state index contributed by atoms with van der Waals surface area (Å²) in [5.74, 6) is 4.32. The van der Waals surface area contributed by atoms with Crippen molar-refractivity contribution in [3.8, 4) is 34.5 Å². The summed E-state index contributed by atoms with van der Waals surface area (Å²) in [5.41, 5.74) is 3.95. The summed E-state index contributed by atoms with van der Waals surface area (Å²) in [7, 11) is 0. The Balaban J connectivity index is 1.37. The zero-order valence-electron chi connectivity index (χ0n) is 29.4. The molecule has 2 N–H and O–H groups in total. The second kappa shape index (κ2) is 16.0. The van der Waals surface area contributed by atoms with Gasteiger partial charge in [-0.15, -0.1) is 0 Å². The Labute approximate surface area is 296 Å². The summed E-state index contributed by atoms with van der Waals surface area (Å²) in [6.45, 7) is 13.2. The molecule has 4 nitrogen and oxygen atoms in total. The number of hydrogen-bond donors (Lipinski definition) is 2. The van der Waals surface area contributed by atoms with E-state index < -0.39 is 0 Å². The number of rotatable bonds is 10. The van der Waals surface area contributed by atoms with Gasteiger partial charge in [-0.25, -0.2) is 0 Å². The number of thioether (sulfide) groups is 2. The fraction of sp³-hybridized carbons (Fsp3) is 0.429. The molecule has 48 heavy (non-hydrogen) atoms. The van der Waals surface area contributed by atoms with E-state index in [2.05, 4.69) is 53.7 Å². The molecule has 2 atom stereocenters. The molecule has 0 heterocycles. The van der Waals surface area contributed by atoms with Gasteiger partial charge in [-0.1, -0.05) is 116 Å². The molecule has 0 unspecified atom stereocenters. The van der Waals surface area contributed by atoms with Gasteiger partial charge in [0.15, 0.2) is 23.0 Å². The molecule has 256 valence electrons. The molecule has 4 aromatic carbocycles. The van der Waals surface area contributed by atoms with Crippen LogP contribution in [0.5, 0.6) is 34.5 Å². The summed E-state index contributed by atoms with van der Waals surface area (Å²) in [6.07, 6.45) is 7.25. The fourth-order valence-corrected chi connectivity index (χ4v) is 9.06. The van der Waals surface area contributed by atoms with Crippen molar-refractivity contribution in [1.29, 1.82) is 0 Å². The van der Waals surface area contributed by atoms with Crippen LogP contribution in [0.15, 0.2) is 84.9 Å². The zero-order chi connectivity index (χ0) is 34.3. The maximum absolute atomic E-state index is 11.5. The van der Waals surface area contributed by atoms with Crippen LogP contribution in [0.25, 0.3) is 0 Å². The first-order chi connectivity index (χ1) is 22.9. The number of para-hydroxylation sites is 2. The summed E-state index contributed by atoms with van der Waals surface area (Å²) in [6, 6.07) is 27.7. The van der Waals surface area contributed by atoms with Gasteiger partial charge in [0.1, 0.15) is 11.5 Å². The molecule has 1 fully saturated rings. The molecule has 0 saturated heterocycles. The van der Waals surface area contributed by atoms with Crippen LogP contribution in [0.1, 0.15) is 102 Å². The number of phenols is 2. The second-order valence-corrected chi connectivity index (χ2v) is 17.4. The number of benzene rings is 4. The van der Waals surface area contributed by atoms with E-state index in [9.17, 15) is 10.2 Å². The van der Waals surface area contributed by atoms with E-state index in [-0.39, 0.29) is 22.3 Å².